The molecule has 0 aliphatic heterocycles. The lowest BCUT2D eigenvalue weighted by Crippen LogP contribution is -2.23. The summed E-state index contributed by atoms with van der Waals surface area (Å²) in [5.74, 6) is 0.565. The number of nitrogens with zero attached hydrogens (tertiary/aromatic N) is 2. The highest BCUT2D eigenvalue weighted by atomic mass is 32.2. The molecule has 7 nitrogen and oxygen atoms in total. The first-order valence-electron chi connectivity index (χ1n) is 6.87. The van der Waals surface area contributed by atoms with Gasteiger partial charge in [0.25, 0.3) is 0 Å². The van der Waals surface area contributed by atoms with Gasteiger partial charge in [0.2, 0.25) is 10.0 Å². The zero-order valence-electron chi connectivity index (χ0n) is 11.9. The van der Waals surface area contributed by atoms with E-state index in [-0.39, 0.29) is 11.4 Å². The monoisotopic (exact) mass is 312 g/mol. The van der Waals surface area contributed by atoms with E-state index in [0.717, 1.165) is 19.5 Å². The lowest BCUT2D eigenvalue weighted by atomic mass is 10.5. The Hall–Kier alpha value is -1.64. The van der Waals surface area contributed by atoms with E-state index in [1.807, 2.05) is 0 Å². The molecule has 0 amide bonds. The second-order valence-corrected chi connectivity index (χ2v) is 6.36. The van der Waals surface area contributed by atoms with E-state index in [9.17, 15) is 8.42 Å². The molecule has 2 N–H and O–H groups in total. The first-order chi connectivity index (χ1) is 10.1. The van der Waals surface area contributed by atoms with Gasteiger partial charge in [-0.15, -0.1) is 0 Å². The van der Waals surface area contributed by atoms with Crippen LogP contribution in [0.3, 0.4) is 0 Å². The molecule has 0 unspecified atom stereocenters. The van der Waals surface area contributed by atoms with E-state index in [0.29, 0.717) is 12.3 Å². The second kappa shape index (κ2) is 7.39. The summed E-state index contributed by atoms with van der Waals surface area (Å²) in [4.78, 5) is 0.157. The minimum atomic E-state index is -3.56. The van der Waals surface area contributed by atoms with Crippen molar-refractivity contribution in [2.45, 2.75) is 31.3 Å². The van der Waals surface area contributed by atoms with E-state index >= 15 is 0 Å². The summed E-state index contributed by atoms with van der Waals surface area (Å²) >= 11 is 0. The molecule has 0 spiro atoms. The van der Waals surface area contributed by atoms with E-state index in [4.69, 9.17) is 4.42 Å². The predicted molar refractivity (Wildman–Crippen MR) is 78.1 cm³/mol. The molecule has 0 saturated carbocycles. The molecule has 0 aliphatic rings. The number of nitrogens with one attached hydrogen (secondary N) is 2. The summed E-state index contributed by atoms with van der Waals surface area (Å²) in [5.41, 5.74) is 0. The van der Waals surface area contributed by atoms with Crippen molar-refractivity contribution in [2.24, 2.45) is 0 Å². The average Bonchev–Trinajstić information content (AvgIpc) is 3.13. The summed E-state index contributed by atoms with van der Waals surface area (Å²) in [6, 6.07) is 3.43. The summed E-state index contributed by atoms with van der Waals surface area (Å²) in [7, 11) is -3.56. The predicted octanol–water partition coefficient (Wildman–Crippen LogP) is 0.954. The maximum Gasteiger partial charge on any atom is 0.244 e. The quantitative estimate of drug-likeness (QED) is 0.673. The third kappa shape index (κ3) is 4.69. The molecule has 0 fully saturated rings. The molecule has 0 radical (unpaired) electrons. The van der Waals surface area contributed by atoms with Crippen LogP contribution in [-0.2, 0) is 23.1 Å². The van der Waals surface area contributed by atoms with Crippen LogP contribution in [0.1, 0.15) is 19.1 Å². The molecule has 2 rings (SSSR count). The van der Waals surface area contributed by atoms with E-state index in [2.05, 4.69) is 22.1 Å². The van der Waals surface area contributed by atoms with Gasteiger partial charge in [-0.1, -0.05) is 6.92 Å². The highest BCUT2D eigenvalue weighted by Crippen LogP contribution is 2.08. The van der Waals surface area contributed by atoms with Crippen molar-refractivity contribution in [3.63, 3.8) is 0 Å². The van der Waals surface area contributed by atoms with E-state index < -0.39 is 10.0 Å². The molecule has 2 heterocycles. The van der Waals surface area contributed by atoms with Gasteiger partial charge in [-0.3, -0.25) is 4.68 Å². The maximum absolute atomic E-state index is 12.1. The van der Waals surface area contributed by atoms with Gasteiger partial charge < -0.3 is 9.73 Å². The molecule has 2 aromatic rings. The standard InChI is InChI=1S/C13H20N4O3S/c1-2-5-14-6-7-17-11-13(10-15-17)21(18,19)16-9-12-4-3-8-20-12/h3-4,8,10-11,14,16H,2,5-7,9H2,1H3. The number of hydrogen-bond donors (Lipinski definition) is 2. The third-order valence-electron chi connectivity index (χ3n) is 2.88. The fourth-order valence-corrected chi connectivity index (χ4v) is 2.71. The largest absolute Gasteiger partial charge is 0.468 e. The Bertz CT molecular complexity index is 634. The molecule has 0 aromatic carbocycles. The first-order valence-corrected chi connectivity index (χ1v) is 8.35. The zero-order chi connectivity index (χ0) is 15.1. The van der Waals surface area contributed by atoms with Crippen LogP contribution in [0, 0.1) is 0 Å². The molecule has 2 aromatic heterocycles. The van der Waals surface area contributed by atoms with Crippen LogP contribution >= 0.6 is 0 Å². The van der Waals surface area contributed by atoms with Gasteiger partial charge in [-0.25, -0.2) is 13.1 Å². The Balaban J connectivity index is 1.89. The van der Waals surface area contributed by atoms with Crippen LogP contribution < -0.4 is 10.0 Å². The summed E-state index contributed by atoms with van der Waals surface area (Å²) in [6.45, 7) is 4.55. The topological polar surface area (TPSA) is 89.2 Å². The van der Waals surface area contributed by atoms with Gasteiger partial charge in [-0.05, 0) is 25.1 Å². The van der Waals surface area contributed by atoms with Crippen molar-refractivity contribution in [2.75, 3.05) is 13.1 Å². The zero-order valence-corrected chi connectivity index (χ0v) is 12.8. The smallest absolute Gasteiger partial charge is 0.244 e. The molecule has 21 heavy (non-hydrogen) atoms. The molecule has 8 heteroatoms. The normalized spacial score (nSPS) is 11.9. The third-order valence-corrected chi connectivity index (χ3v) is 4.24. The van der Waals surface area contributed by atoms with Crippen LogP contribution in [0.5, 0.6) is 0 Å². The average molecular weight is 312 g/mol. The van der Waals surface area contributed by atoms with Crippen molar-refractivity contribution in [3.05, 3.63) is 36.5 Å². The number of hydrogen-bond acceptors (Lipinski definition) is 5. The molecule has 0 aliphatic carbocycles. The summed E-state index contributed by atoms with van der Waals surface area (Å²) in [5, 5.41) is 7.30. The molecule has 0 bridgehead atoms. The van der Waals surface area contributed by atoms with Crippen LogP contribution in [0.4, 0.5) is 0 Å². The molecule has 0 atom stereocenters. The van der Waals surface area contributed by atoms with Gasteiger partial charge in [0.15, 0.2) is 0 Å². The number of furan rings is 1. The van der Waals surface area contributed by atoms with Crippen LogP contribution in [0.2, 0.25) is 0 Å². The Kier molecular flexibility index (Phi) is 5.54. The number of sulfonamides is 1. The highest BCUT2D eigenvalue weighted by Gasteiger charge is 2.16. The molecule has 116 valence electrons. The Morgan fingerprint density at radius 1 is 1.38 bits per heavy atom. The maximum atomic E-state index is 12.1. The summed E-state index contributed by atoms with van der Waals surface area (Å²) in [6.07, 6.45) is 5.45. The number of rotatable bonds is 9. The van der Waals surface area contributed by atoms with Crippen molar-refractivity contribution in [3.8, 4) is 0 Å². The summed E-state index contributed by atoms with van der Waals surface area (Å²) < 4.78 is 33.4. The van der Waals surface area contributed by atoms with Gasteiger partial charge in [0.1, 0.15) is 10.7 Å². The Morgan fingerprint density at radius 3 is 2.95 bits per heavy atom. The fourth-order valence-electron chi connectivity index (χ4n) is 1.76. The minimum absolute atomic E-state index is 0.124. The lowest BCUT2D eigenvalue weighted by molar-refractivity contribution is 0.498. The minimum Gasteiger partial charge on any atom is -0.468 e. The van der Waals surface area contributed by atoms with Crippen molar-refractivity contribution in [1.82, 2.24) is 19.8 Å². The molecular formula is C13H20N4O3S. The number of aromatic nitrogens is 2. The second-order valence-electron chi connectivity index (χ2n) is 4.59. The van der Waals surface area contributed by atoms with Crippen LogP contribution in [-0.4, -0.2) is 31.3 Å². The van der Waals surface area contributed by atoms with Gasteiger partial charge in [0, 0.05) is 12.7 Å². The Labute approximate surface area is 124 Å². The van der Waals surface area contributed by atoms with Gasteiger partial charge >= 0.3 is 0 Å². The van der Waals surface area contributed by atoms with Crippen LogP contribution in [0.15, 0.2) is 40.1 Å². The highest BCUT2D eigenvalue weighted by molar-refractivity contribution is 7.89. The van der Waals surface area contributed by atoms with Crippen molar-refractivity contribution >= 4 is 10.0 Å². The SMILES string of the molecule is CCCNCCn1cc(S(=O)(=O)NCc2ccco2)cn1. The van der Waals surface area contributed by atoms with E-state index in [1.54, 1.807) is 16.8 Å². The van der Waals surface area contributed by atoms with Crippen LogP contribution in [0.25, 0.3) is 0 Å². The fraction of sp³-hybridized carbons (Fsp3) is 0.462. The van der Waals surface area contributed by atoms with Crippen molar-refractivity contribution < 1.29 is 12.8 Å². The van der Waals surface area contributed by atoms with Gasteiger partial charge in [0.05, 0.1) is 25.5 Å². The van der Waals surface area contributed by atoms with Gasteiger partial charge in [-0.2, -0.15) is 5.10 Å². The molecular weight excluding hydrogens is 292 g/mol. The lowest BCUT2D eigenvalue weighted by Gasteiger charge is -2.03. The van der Waals surface area contributed by atoms with E-state index in [1.165, 1.54) is 18.7 Å². The first kappa shape index (κ1) is 15.7. The molecule has 0 saturated heterocycles. The Morgan fingerprint density at radius 2 is 2.24 bits per heavy atom. The van der Waals surface area contributed by atoms with Crippen molar-refractivity contribution in [1.29, 1.82) is 0 Å².